The number of hydrogen-bond donors (Lipinski definition) is 2. The van der Waals surface area contributed by atoms with E-state index in [4.69, 9.17) is 5.21 Å². The van der Waals surface area contributed by atoms with Crippen molar-refractivity contribution in [2.45, 2.75) is 6.92 Å². The summed E-state index contributed by atoms with van der Waals surface area (Å²) in [6, 6.07) is 5.17. The van der Waals surface area contributed by atoms with Gasteiger partial charge < -0.3 is 0 Å². The molecule has 1 aromatic carbocycles. The van der Waals surface area contributed by atoms with Crippen LogP contribution in [-0.4, -0.2) is 20.9 Å². The van der Waals surface area contributed by atoms with Crippen LogP contribution in [0.2, 0.25) is 0 Å². The van der Waals surface area contributed by atoms with Crippen molar-refractivity contribution in [3.05, 3.63) is 29.5 Å². The van der Waals surface area contributed by atoms with Crippen LogP contribution in [0.4, 0.5) is 0 Å². The predicted molar refractivity (Wildman–Crippen MR) is 54.7 cm³/mol. The molecule has 0 spiro atoms. The molecule has 78 valence electrons. The molecule has 2 rings (SSSR count). The average molecular weight is 205 g/mol. The molecule has 1 amide bonds. The van der Waals surface area contributed by atoms with Crippen LogP contribution in [0.5, 0.6) is 0 Å². The first kappa shape index (κ1) is 9.67. The van der Waals surface area contributed by atoms with Crippen molar-refractivity contribution in [2.75, 3.05) is 0 Å². The summed E-state index contributed by atoms with van der Waals surface area (Å²) in [4.78, 5) is 11.2. The van der Waals surface area contributed by atoms with E-state index in [1.807, 2.05) is 20.0 Å². The zero-order valence-corrected chi connectivity index (χ0v) is 8.48. The van der Waals surface area contributed by atoms with E-state index in [-0.39, 0.29) is 0 Å². The third kappa shape index (κ3) is 1.46. The Morgan fingerprint density at radius 3 is 2.93 bits per heavy atom. The molecule has 0 fully saturated rings. The van der Waals surface area contributed by atoms with E-state index >= 15 is 0 Å². The van der Waals surface area contributed by atoms with Gasteiger partial charge in [-0.3, -0.25) is 14.7 Å². The van der Waals surface area contributed by atoms with E-state index < -0.39 is 5.91 Å². The molecular weight excluding hydrogens is 194 g/mol. The van der Waals surface area contributed by atoms with Crippen molar-refractivity contribution in [1.82, 2.24) is 15.3 Å². The lowest BCUT2D eigenvalue weighted by atomic mass is 10.1. The number of carbonyl (C=O) groups is 1. The SMILES string of the molecule is Cc1nn(C)c2cc(C(=O)NO)ccc12. The zero-order chi connectivity index (χ0) is 11.0. The van der Waals surface area contributed by atoms with Crippen molar-refractivity contribution in [3.8, 4) is 0 Å². The number of benzene rings is 1. The maximum Gasteiger partial charge on any atom is 0.274 e. The van der Waals surface area contributed by atoms with Gasteiger partial charge in [0.25, 0.3) is 5.91 Å². The fourth-order valence-corrected chi connectivity index (χ4v) is 1.64. The van der Waals surface area contributed by atoms with Crippen LogP contribution in [0.25, 0.3) is 10.9 Å². The smallest absolute Gasteiger partial charge is 0.274 e. The summed E-state index contributed by atoms with van der Waals surface area (Å²) in [6.07, 6.45) is 0. The quantitative estimate of drug-likeness (QED) is 0.539. The van der Waals surface area contributed by atoms with Crippen molar-refractivity contribution >= 4 is 16.8 Å². The van der Waals surface area contributed by atoms with Gasteiger partial charge in [0.2, 0.25) is 0 Å². The molecule has 2 N–H and O–H groups in total. The Morgan fingerprint density at radius 1 is 1.53 bits per heavy atom. The highest BCUT2D eigenvalue weighted by molar-refractivity contribution is 5.97. The Hall–Kier alpha value is -1.88. The van der Waals surface area contributed by atoms with Gasteiger partial charge in [-0.1, -0.05) is 6.07 Å². The number of fused-ring (bicyclic) bond motifs is 1. The lowest BCUT2D eigenvalue weighted by molar-refractivity contribution is 0.0706. The Morgan fingerprint density at radius 2 is 2.27 bits per heavy atom. The highest BCUT2D eigenvalue weighted by atomic mass is 16.5. The summed E-state index contributed by atoms with van der Waals surface area (Å²) in [7, 11) is 1.82. The first-order chi connectivity index (χ1) is 7.13. The van der Waals surface area contributed by atoms with Gasteiger partial charge in [0.05, 0.1) is 11.2 Å². The summed E-state index contributed by atoms with van der Waals surface area (Å²) in [6.45, 7) is 1.91. The second-order valence-electron chi connectivity index (χ2n) is 3.38. The van der Waals surface area contributed by atoms with Crippen LogP contribution >= 0.6 is 0 Å². The topological polar surface area (TPSA) is 67.2 Å². The molecule has 0 aliphatic carbocycles. The number of nitrogens with zero attached hydrogens (tertiary/aromatic N) is 2. The Labute approximate surface area is 86.3 Å². The van der Waals surface area contributed by atoms with Gasteiger partial charge >= 0.3 is 0 Å². The number of aromatic nitrogens is 2. The van der Waals surface area contributed by atoms with E-state index in [1.165, 1.54) is 0 Å². The molecular formula is C10H11N3O2. The highest BCUT2D eigenvalue weighted by Gasteiger charge is 2.09. The summed E-state index contributed by atoms with van der Waals surface area (Å²) in [5, 5.41) is 13.8. The minimum absolute atomic E-state index is 0.410. The van der Waals surface area contributed by atoms with Crippen molar-refractivity contribution in [3.63, 3.8) is 0 Å². The largest absolute Gasteiger partial charge is 0.288 e. The van der Waals surface area contributed by atoms with Crippen LogP contribution < -0.4 is 5.48 Å². The Kier molecular flexibility index (Phi) is 2.17. The predicted octanol–water partition coefficient (Wildman–Crippen LogP) is 1.00. The molecule has 0 unspecified atom stereocenters. The third-order valence-electron chi connectivity index (χ3n) is 2.40. The molecule has 1 heterocycles. The zero-order valence-electron chi connectivity index (χ0n) is 8.48. The van der Waals surface area contributed by atoms with E-state index in [9.17, 15) is 4.79 Å². The summed E-state index contributed by atoms with van der Waals surface area (Å²) in [5.41, 5.74) is 3.80. The number of hydroxylamine groups is 1. The minimum Gasteiger partial charge on any atom is -0.288 e. The molecule has 0 bridgehead atoms. The van der Waals surface area contributed by atoms with Crippen molar-refractivity contribution in [2.24, 2.45) is 7.05 Å². The number of aryl methyl sites for hydroxylation is 2. The van der Waals surface area contributed by atoms with Gasteiger partial charge in [0.1, 0.15) is 0 Å². The molecule has 15 heavy (non-hydrogen) atoms. The Balaban J connectivity index is 2.65. The van der Waals surface area contributed by atoms with Crippen LogP contribution in [-0.2, 0) is 7.05 Å². The van der Waals surface area contributed by atoms with Gasteiger partial charge in [-0.2, -0.15) is 5.10 Å². The molecule has 2 aromatic rings. The standard InChI is InChI=1S/C10H11N3O2/c1-6-8-4-3-7(10(14)12-15)5-9(8)13(2)11-6/h3-5,15H,1-2H3,(H,12,14). The van der Waals surface area contributed by atoms with Gasteiger partial charge in [0, 0.05) is 18.0 Å². The van der Waals surface area contributed by atoms with Gasteiger partial charge in [-0.15, -0.1) is 0 Å². The monoisotopic (exact) mass is 205 g/mol. The third-order valence-corrected chi connectivity index (χ3v) is 2.40. The van der Waals surface area contributed by atoms with Crippen LogP contribution in [0.3, 0.4) is 0 Å². The normalized spacial score (nSPS) is 10.6. The molecule has 0 aliphatic rings. The molecule has 1 aromatic heterocycles. The molecule has 0 aliphatic heterocycles. The minimum atomic E-state index is -0.518. The molecule has 0 radical (unpaired) electrons. The number of amides is 1. The van der Waals surface area contributed by atoms with Gasteiger partial charge in [0.15, 0.2) is 0 Å². The van der Waals surface area contributed by atoms with Gasteiger partial charge in [-0.25, -0.2) is 5.48 Å². The number of rotatable bonds is 1. The van der Waals surface area contributed by atoms with Crippen LogP contribution in [0, 0.1) is 6.92 Å². The average Bonchev–Trinajstić information content (AvgIpc) is 2.53. The number of carbonyl (C=O) groups excluding carboxylic acids is 1. The first-order valence-corrected chi connectivity index (χ1v) is 4.51. The van der Waals surface area contributed by atoms with E-state index in [1.54, 1.807) is 22.3 Å². The van der Waals surface area contributed by atoms with Crippen molar-refractivity contribution in [1.29, 1.82) is 0 Å². The van der Waals surface area contributed by atoms with E-state index in [2.05, 4.69) is 5.10 Å². The van der Waals surface area contributed by atoms with Crippen LogP contribution in [0.15, 0.2) is 18.2 Å². The fourth-order valence-electron chi connectivity index (χ4n) is 1.64. The van der Waals surface area contributed by atoms with Crippen LogP contribution in [0.1, 0.15) is 16.1 Å². The van der Waals surface area contributed by atoms with Crippen molar-refractivity contribution < 1.29 is 10.0 Å². The number of nitrogens with one attached hydrogen (secondary N) is 1. The molecule has 5 nitrogen and oxygen atoms in total. The Bertz CT molecular complexity index is 531. The maximum absolute atomic E-state index is 11.2. The van der Waals surface area contributed by atoms with E-state index in [0.29, 0.717) is 5.56 Å². The number of hydrogen-bond acceptors (Lipinski definition) is 3. The van der Waals surface area contributed by atoms with Gasteiger partial charge in [-0.05, 0) is 19.1 Å². The lowest BCUT2D eigenvalue weighted by Gasteiger charge is -1.99. The lowest BCUT2D eigenvalue weighted by Crippen LogP contribution is -2.18. The van der Waals surface area contributed by atoms with E-state index in [0.717, 1.165) is 16.6 Å². The maximum atomic E-state index is 11.2. The molecule has 5 heteroatoms. The summed E-state index contributed by atoms with van der Waals surface area (Å²) in [5.74, 6) is -0.518. The first-order valence-electron chi connectivity index (χ1n) is 4.51. The fraction of sp³-hybridized carbons (Fsp3) is 0.200. The molecule has 0 saturated heterocycles. The highest BCUT2D eigenvalue weighted by Crippen LogP contribution is 2.18. The summed E-state index contributed by atoms with van der Waals surface area (Å²) >= 11 is 0. The second kappa shape index (κ2) is 3.36. The molecule has 0 atom stereocenters. The molecule has 0 saturated carbocycles. The second-order valence-corrected chi connectivity index (χ2v) is 3.38. The summed E-state index contributed by atoms with van der Waals surface area (Å²) < 4.78 is 1.71.